The zero-order valence-electron chi connectivity index (χ0n) is 9.88. The van der Waals surface area contributed by atoms with Gasteiger partial charge in [0, 0.05) is 23.7 Å². The Balaban J connectivity index is 2.50. The van der Waals surface area contributed by atoms with E-state index in [2.05, 4.69) is 6.07 Å². The second kappa shape index (κ2) is 3.95. The van der Waals surface area contributed by atoms with E-state index in [4.69, 9.17) is 10.4 Å². The van der Waals surface area contributed by atoms with Crippen molar-refractivity contribution in [2.24, 2.45) is 0 Å². The second-order valence-corrected chi connectivity index (χ2v) is 4.54. The van der Waals surface area contributed by atoms with Crippen molar-refractivity contribution >= 4 is 16.9 Å². The molecule has 0 aliphatic heterocycles. The quantitative estimate of drug-likeness (QED) is 0.883. The maximum absolute atomic E-state index is 12.1. The minimum Gasteiger partial charge on any atom is -0.477 e. The van der Waals surface area contributed by atoms with E-state index < -0.39 is 11.4 Å². The highest BCUT2D eigenvalue weighted by atomic mass is 16.4. The number of nitriles is 1. The number of carboxylic acid groups (broad SMARTS) is 1. The van der Waals surface area contributed by atoms with Crippen molar-refractivity contribution in [2.75, 3.05) is 0 Å². The van der Waals surface area contributed by atoms with Crippen molar-refractivity contribution in [3.63, 3.8) is 0 Å². The largest absolute Gasteiger partial charge is 0.477 e. The monoisotopic (exact) mass is 253 g/mol. The number of hydrogen-bond acceptors (Lipinski definition) is 3. The molecule has 1 fully saturated rings. The third kappa shape index (κ3) is 1.69. The van der Waals surface area contributed by atoms with Gasteiger partial charge in [0.05, 0.1) is 11.1 Å². The summed E-state index contributed by atoms with van der Waals surface area (Å²) in [5, 5.41) is 18.5. The van der Waals surface area contributed by atoms with Gasteiger partial charge in [-0.05, 0) is 18.9 Å². The number of benzene rings is 1. The van der Waals surface area contributed by atoms with Crippen LogP contribution in [0.5, 0.6) is 0 Å². The summed E-state index contributed by atoms with van der Waals surface area (Å²) in [6, 6.07) is 7.96. The summed E-state index contributed by atoms with van der Waals surface area (Å²) < 4.78 is 1.73. The Bertz CT molecular complexity index is 795. The van der Waals surface area contributed by atoms with Crippen LogP contribution in [0.15, 0.2) is 23.1 Å². The second-order valence-electron chi connectivity index (χ2n) is 4.54. The highest BCUT2D eigenvalue weighted by Gasteiger charge is 2.27. The molecular formula is C14H9N2O3. The Hall–Kier alpha value is -2.61. The summed E-state index contributed by atoms with van der Waals surface area (Å²) >= 11 is 0. The van der Waals surface area contributed by atoms with Crippen molar-refractivity contribution in [3.8, 4) is 6.07 Å². The molecule has 0 atom stereocenters. The molecular weight excluding hydrogens is 244 g/mol. The fourth-order valence-corrected chi connectivity index (χ4v) is 2.23. The molecule has 0 spiro atoms. The van der Waals surface area contributed by atoms with Gasteiger partial charge in [-0.3, -0.25) is 4.79 Å². The van der Waals surface area contributed by atoms with Gasteiger partial charge in [0.15, 0.2) is 0 Å². The van der Waals surface area contributed by atoms with Gasteiger partial charge in [0.25, 0.3) is 0 Å². The van der Waals surface area contributed by atoms with Gasteiger partial charge in [-0.15, -0.1) is 0 Å². The lowest BCUT2D eigenvalue weighted by Crippen LogP contribution is -2.19. The summed E-state index contributed by atoms with van der Waals surface area (Å²) in [5.74, 6) is -1.24. The fraction of sp³-hybridized carbons (Fsp3) is 0.214. The summed E-state index contributed by atoms with van der Waals surface area (Å²) in [4.78, 5) is 23.2. The molecule has 0 bridgehead atoms. The molecule has 3 rings (SSSR count). The Labute approximate surface area is 108 Å². The molecule has 0 unspecified atom stereocenters. The van der Waals surface area contributed by atoms with Crippen molar-refractivity contribution in [1.29, 1.82) is 5.26 Å². The van der Waals surface area contributed by atoms with Crippen LogP contribution in [0.2, 0.25) is 0 Å². The third-order valence-electron chi connectivity index (χ3n) is 3.27. The first kappa shape index (κ1) is 11.5. The lowest BCUT2D eigenvalue weighted by molar-refractivity contribution is 0.0695. The molecule has 0 saturated heterocycles. The van der Waals surface area contributed by atoms with Gasteiger partial charge in [-0.25, -0.2) is 4.79 Å². The molecule has 1 saturated carbocycles. The first-order valence-corrected chi connectivity index (χ1v) is 5.86. The van der Waals surface area contributed by atoms with Gasteiger partial charge < -0.3 is 9.67 Å². The van der Waals surface area contributed by atoms with Crippen LogP contribution < -0.4 is 5.43 Å². The predicted octanol–water partition coefficient (Wildman–Crippen LogP) is 1.71. The van der Waals surface area contributed by atoms with Crippen LogP contribution in [0.3, 0.4) is 0 Å². The lowest BCUT2D eigenvalue weighted by Gasteiger charge is -2.12. The molecule has 5 nitrogen and oxygen atoms in total. The Morgan fingerprint density at radius 1 is 1.53 bits per heavy atom. The molecule has 19 heavy (non-hydrogen) atoms. The number of carboxylic acids is 1. The van der Waals surface area contributed by atoms with Crippen LogP contribution in [-0.4, -0.2) is 15.6 Å². The fourth-order valence-electron chi connectivity index (χ4n) is 2.23. The zero-order valence-corrected chi connectivity index (χ0v) is 9.88. The predicted molar refractivity (Wildman–Crippen MR) is 67.0 cm³/mol. The van der Waals surface area contributed by atoms with E-state index in [9.17, 15) is 9.59 Å². The number of aromatic carboxylic acids is 1. The SMILES string of the molecule is N#Cc1[c]ccc2c(=O)c(C(=O)O)cn(C3CC3)c12. The van der Waals surface area contributed by atoms with E-state index in [1.165, 1.54) is 18.3 Å². The van der Waals surface area contributed by atoms with Crippen molar-refractivity contribution < 1.29 is 9.90 Å². The molecule has 5 heteroatoms. The van der Waals surface area contributed by atoms with Gasteiger partial charge in [-0.1, -0.05) is 6.07 Å². The number of nitrogens with zero attached hydrogens (tertiary/aromatic N) is 2. The van der Waals surface area contributed by atoms with Gasteiger partial charge >= 0.3 is 5.97 Å². The molecule has 1 radical (unpaired) electrons. The summed E-state index contributed by atoms with van der Waals surface area (Å²) in [6.07, 6.45) is 3.20. The minimum atomic E-state index is -1.24. The number of aromatic nitrogens is 1. The van der Waals surface area contributed by atoms with E-state index in [0.717, 1.165) is 12.8 Å². The summed E-state index contributed by atoms with van der Waals surface area (Å²) in [7, 11) is 0. The van der Waals surface area contributed by atoms with Crippen LogP contribution in [0.1, 0.15) is 34.8 Å². The molecule has 1 N–H and O–H groups in total. The highest BCUT2D eigenvalue weighted by Crippen LogP contribution is 2.37. The van der Waals surface area contributed by atoms with E-state index in [-0.39, 0.29) is 22.6 Å². The van der Waals surface area contributed by atoms with Crippen LogP contribution >= 0.6 is 0 Å². The average Bonchev–Trinajstić information content (AvgIpc) is 3.22. The first-order valence-electron chi connectivity index (χ1n) is 5.86. The maximum atomic E-state index is 12.1. The molecule has 2 aromatic rings. The van der Waals surface area contributed by atoms with E-state index in [1.54, 1.807) is 4.57 Å². The van der Waals surface area contributed by atoms with Crippen LogP contribution in [0, 0.1) is 17.4 Å². The molecule has 1 aromatic heterocycles. The number of pyridine rings is 1. The normalized spacial score (nSPS) is 14.3. The highest BCUT2D eigenvalue weighted by molar-refractivity contribution is 5.94. The Kier molecular flexibility index (Phi) is 2.39. The smallest absolute Gasteiger partial charge is 0.341 e. The van der Waals surface area contributed by atoms with Crippen molar-refractivity contribution in [1.82, 2.24) is 4.57 Å². The zero-order chi connectivity index (χ0) is 13.6. The molecule has 0 amide bonds. The van der Waals surface area contributed by atoms with Gasteiger partial charge in [0.1, 0.15) is 11.6 Å². The van der Waals surface area contributed by atoms with Crippen LogP contribution in [0.25, 0.3) is 10.9 Å². The topological polar surface area (TPSA) is 83.1 Å². The van der Waals surface area contributed by atoms with Crippen molar-refractivity contribution in [2.45, 2.75) is 18.9 Å². The number of fused-ring (bicyclic) bond motifs is 1. The van der Waals surface area contributed by atoms with Gasteiger partial charge in [0.2, 0.25) is 5.43 Å². The minimum absolute atomic E-state index is 0.170. The van der Waals surface area contributed by atoms with Crippen molar-refractivity contribution in [3.05, 3.63) is 45.7 Å². The summed E-state index contributed by atoms with van der Waals surface area (Å²) in [6.45, 7) is 0. The van der Waals surface area contributed by atoms with Gasteiger partial charge in [-0.2, -0.15) is 5.26 Å². The van der Waals surface area contributed by atoms with Crippen LogP contribution in [-0.2, 0) is 0 Å². The number of carbonyl (C=O) groups is 1. The Morgan fingerprint density at radius 3 is 2.84 bits per heavy atom. The summed E-state index contributed by atoms with van der Waals surface area (Å²) in [5.41, 5.74) is -0.0414. The Morgan fingerprint density at radius 2 is 2.26 bits per heavy atom. The molecule has 1 aromatic carbocycles. The first-order chi connectivity index (χ1) is 9.13. The number of rotatable bonds is 2. The maximum Gasteiger partial charge on any atom is 0.341 e. The van der Waals surface area contributed by atoms with E-state index in [1.807, 2.05) is 6.07 Å². The van der Waals surface area contributed by atoms with E-state index in [0.29, 0.717) is 5.52 Å². The standard InChI is InChI=1S/C14H9N2O3/c15-6-8-2-1-3-10-12(8)16(9-4-5-9)7-11(13(10)17)14(18)19/h1,3,7,9H,4-5H2,(H,18,19). The molecule has 93 valence electrons. The van der Waals surface area contributed by atoms with Crippen LogP contribution in [0.4, 0.5) is 0 Å². The third-order valence-corrected chi connectivity index (χ3v) is 3.27. The molecule has 1 heterocycles. The number of hydrogen-bond donors (Lipinski definition) is 1. The average molecular weight is 253 g/mol. The lowest BCUT2D eigenvalue weighted by atomic mass is 10.1. The van der Waals surface area contributed by atoms with E-state index >= 15 is 0 Å². The molecule has 1 aliphatic carbocycles. The molecule has 1 aliphatic rings.